The summed E-state index contributed by atoms with van der Waals surface area (Å²) in [4.78, 5) is 14.7. The molecule has 1 amide bonds. The summed E-state index contributed by atoms with van der Waals surface area (Å²) in [6, 6.07) is 10.4. The molecule has 1 aromatic rings. The number of nitrogens with one attached hydrogen (secondary N) is 1. The SMILES string of the molecule is CCCCN(CC(NC)(C(N)=O)c1ccccc1)C1CC1. The van der Waals surface area contributed by atoms with Crippen LogP contribution in [0.4, 0.5) is 0 Å². The molecule has 1 fully saturated rings. The van der Waals surface area contributed by atoms with Crippen molar-refractivity contribution in [3.8, 4) is 0 Å². The summed E-state index contributed by atoms with van der Waals surface area (Å²) >= 11 is 0. The molecule has 21 heavy (non-hydrogen) atoms. The number of rotatable bonds is 9. The lowest BCUT2D eigenvalue weighted by Gasteiger charge is -2.36. The maximum atomic E-state index is 12.2. The topological polar surface area (TPSA) is 58.4 Å². The molecule has 1 saturated carbocycles. The number of likely N-dealkylation sites (N-methyl/N-ethyl adjacent to an activating group) is 1. The zero-order valence-corrected chi connectivity index (χ0v) is 13.1. The predicted molar refractivity (Wildman–Crippen MR) is 85.9 cm³/mol. The van der Waals surface area contributed by atoms with Gasteiger partial charge in [0.15, 0.2) is 0 Å². The first-order valence-electron chi connectivity index (χ1n) is 7.92. The van der Waals surface area contributed by atoms with Crippen LogP contribution in [0.15, 0.2) is 30.3 Å². The molecule has 4 heteroatoms. The number of benzene rings is 1. The summed E-state index contributed by atoms with van der Waals surface area (Å²) < 4.78 is 0. The van der Waals surface area contributed by atoms with Crippen molar-refractivity contribution in [3.05, 3.63) is 35.9 Å². The first-order chi connectivity index (χ1) is 10.1. The van der Waals surface area contributed by atoms with E-state index in [0.29, 0.717) is 12.6 Å². The number of hydrogen-bond donors (Lipinski definition) is 2. The van der Waals surface area contributed by atoms with Crippen LogP contribution in [0.1, 0.15) is 38.2 Å². The average molecular weight is 289 g/mol. The number of carbonyl (C=O) groups is 1. The molecule has 1 atom stereocenters. The van der Waals surface area contributed by atoms with Gasteiger partial charge in [-0.05, 0) is 38.4 Å². The van der Waals surface area contributed by atoms with Crippen molar-refractivity contribution >= 4 is 5.91 Å². The number of hydrogen-bond acceptors (Lipinski definition) is 3. The van der Waals surface area contributed by atoms with Crippen molar-refractivity contribution in [2.45, 2.75) is 44.2 Å². The first-order valence-corrected chi connectivity index (χ1v) is 7.92. The molecule has 0 heterocycles. The van der Waals surface area contributed by atoms with Crippen molar-refractivity contribution in [2.24, 2.45) is 5.73 Å². The highest BCUT2D eigenvalue weighted by atomic mass is 16.1. The van der Waals surface area contributed by atoms with E-state index in [9.17, 15) is 4.79 Å². The smallest absolute Gasteiger partial charge is 0.243 e. The third kappa shape index (κ3) is 3.63. The highest BCUT2D eigenvalue weighted by Gasteiger charge is 2.41. The van der Waals surface area contributed by atoms with E-state index in [-0.39, 0.29) is 5.91 Å². The standard InChI is InChI=1S/C17H27N3O/c1-3-4-12-20(15-10-11-15)13-17(19-2,16(18)21)14-8-6-5-7-9-14/h5-9,15,19H,3-4,10-13H2,1-2H3,(H2,18,21). The van der Waals surface area contributed by atoms with Gasteiger partial charge < -0.3 is 11.1 Å². The lowest BCUT2D eigenvalue weighted by molar-refractivity contribution is -0.125. The van der Waals surface area contributed by atoms with Crippen LogP contribution in [-0.2, 0) is 10.3 Å². The zero-order valence-electron chi connectivity index (χ0n) is 13.1. The van der Waals surface area contributed by atoms with Gasteiger partial charge in [-0.15, -0.1) is 0 Å². The van der Waals surface area contributed by atoms with Gasteiger partial charge in [0.25, 0.3) is 0 Å². The van der Waals surface area contributed by atoms with Crippen molar-refractivity contribution in [1.82, 2.24) is 10.2 Å². The largest absolute Gasteiger partial charge is 0.368 e. The molecular formula is C17H27N3O. The van der Waals surface area contributed by atoms with E-state index in [4.69, 9.17) is 5.73 Å². The fourth-order valence-corrected chi connectivity index (χ4v) is 2.88. The van der Waals surface area contributed by atoms with E-state index < -0.39 is 5.54 Å². The Morgan fingerprint density at radius 1 is 1.38 bits per heavy atom. The molecule has 1 aliphatic carbocycles. The Morgan fingerprint density at radius 2 is 2.05 bits per heavy atom. The molecular weight excluding hydrogens is 262 g/mol. The van der Waals surface area contributed by atoms with Crippen LogP contribution < -0.4 is 11.1 Å². The fourth-order valence-electron chi connectivity index (χ4n) is 2.88. The van der Waals surface area contributed by atoms with Gasteiger partial charge in [-0.2, -0.15) is 0 Å². The number of amides is 1. The Kier molecular flexibility index (Phi) is 5.37. The molecule has 0 aromatic heterocycles. The predicted octanol–water partition coefficient (Wildman–Crippen LogP) is 1.85. The molecule has 1 aliphatic rings. The highest BCUT2D eigenvalue weighted by Crippen LogP contribution is 2.31. The average Bonchev–Trinajstić information content (AvgIpc) is 3.33. The Morgan fingerprint density at radius 3 is 2.52 bits per heavy atom. The number of unbranched alkanes of at least 4 members (excludes halogenated alkanes) is 1. The van der Waals surface area contributed by atoms with Crippen LogP contribution >= 0.6 is 0 Å². The number of primary amides is 1. The second-order valence-corrected chi connectivity index (χ2v) is 5.94. The number of carbonyl (C=O) groups excluding carboxylic acids is 1. The lowest BCUT2D eigenvalue weighted by Crippen LogP contribution is -2.58. The second kappa shape index (κ2) is 7.05. The van der Waals surface area contributed by atoms with Crippen LogP contribution in [0.25, 0.3) is 0 Å². The molecule has 1 aromatic carbocycles. The second-order valence-electron chi connectivity index (χ2n) is 5.94. The molecule has 0 radical (unpaired) electrons. The van der Waals surface area contributed by atoms with E-state index in [1.165, 1.54) is 12.8 Å². The summed E-state index contributed by atoms with van der Waals surface area (Å²) in [6.45, 7) is 3.87. The molecule has 1 unspecified atom stereocenters. The highest BCUT2D eigenvalue weighted by molar-refractivity contribution is 5.86. The van der Waals surface area contributed by atoms with Gasteiger partial charge in [-0.1, -0.05) is 43.7 Å². The Labute approximate surface area is 127 Å². The zero-order chi connectivity index (χ0) is 15.3. The van der Waals surface area contributed by atoms with Crippen LogP contribution in [-0.4, -0.2) is 37.0 Å². The summed E-state index contributed by atoms with van der Waals surface area (Å²) in [7, 11) is 1.82. The van der Waals surface area contributed by atoms with Crippen LogP contribution in [0, 0.1) is 0 Å². The monoisotopic (exact) mass is 289 g/mol. The minimum absolute atomic E-state index is 0.307. The van der Waals surface area contributed by atoms with Crippen LogP contribution in [0.5, 0.6) is 0 Å². The Bertz CT molecular complexity index is 458. The molecule has 3 N–H and O–H groups in total. The molecule has 116 valence electrons. The Hall–Kier alpha value is -1.39. The molecule has 2 rings (SSSR count). The van der Waals surface area contributed by atoms with Gasteiger partial charge in [0.05, 0.1) is 0 Å². The van der Waals surface area contributed by atoms with Crippen LogP contribution in [0.2, 0.25) is 0 Å². The Balaban J connectivity index is 2.24. The molecule has 0 aliphatic heterocycles. The van der Waals surface area contributed by atoms with Gasteiger partial charge in [-0.25, -0.2) is 0 Å². The quantitative estimate of drug-likeness (QED) is 0.729. The third-order valence-corrected chi connectivity index (χ3v) is 4.42. The number of nitrogens with two attached hydrogens (primary N) is 1. The maximum absolute atomic E-state index is 12.2. The normalized spacial score (nSPS) is 17.7. The fraction of sp³-hybridized carbons (Fsp3) is 0.588. The molecule has 0 spiro atoms. The molecule has 0 saturated heterocycles. The van der Waals surface area contributed by atoms with Gasteiger partial charge in [0, 0.05) is 12.6 Å². The van der Waals surface area contributed by atoms with Crippen molar-refractivity contribution in [3.63, 3.8) is 0 Å². The minimum atomic E-state index is -0.808. The van der Waals surface area contributed by atoms with Gasteiger partial charge >= 0.3 is 0 Å². The van der Waals surface area contributed by atoms with E-state index in [2.05, 4.69) is 17.1 Å². The van der Waals surface area contributed by atoms with Gasteiger partial charge in [0.1, 0.15) is 5.54 Å². The molecule has 4 nitrogen and oxygen atoms in total. The lowest BCUT2D eigenvalue weighted by atomic mass is 9.88. The summed E-state index contributed by atoms with van der Waals surface area (Å²) in [5.74, 6) is -0.307. The van der Waals surface area contributed by atoms with E-state index in [1.54, 1.807) is 0 Å². The van der Waals surface area contributed by atoms with Crippen molar-refractivity contribution < 1.29 is 4.79 Å². The summed E-state index contributed by atoms with van der Waals surface area (Å²) in [6.07, 6.45) is 4.79. The third-order valence-electron chi connectivity index (χ3n) is 4.42. The number of nitrogens with zero attached hydrogens (tertiary/aromatic N) is 1. The minimum Gasteiger partial charge on any atom is -0.368 e. The van der Waals surface area contributed by atoms with E-state index in [0.717, 1.165) is 24.9 Å². The molecule has 0 bridgehead atoms. The van der Waals surface area contributed by atoms with E-state index >= 15 is 0 Å². The van der Waals surface area contributed by atoms with Crippen molar-refractivity contribution in [2.75, 3.05) is 20.1 Å². The van der Waals surface area contributed by atoms with Gasteiger partial charge in [0.2, 0.25) is 5.91 Å². The first kappa shape index (κ1) is 16.0. The maximum Gasteiger partial charge on any atom is 0.243 e. The summed E-state index contributed by atoms with van der Waals surface area (Å²) in [5, 5.41) is 3.20. The van der Waals surface area contributed by atoms with E-state index in [1.807, 2.05) is 37.4 Å². The summed E-state index contributed by atoms with van der Waals surface area (Å²) in [5.41, 5.74) is 5.92. The van der Waals surface area contributed by atoms with Gasteiger partial charge in [-0.3, -0.25) is 9.69 Å². The van der Waals surface area contributed by atoms with Crippen LogP contribution in [0.3, 0.4) is 0 Å². The van der Waals surface area contributed by atoms with Crippen molar-refractivity contribution in [1.29, 1.82) is 0 Å².